The summed E-state index contributed by atoms with van der Waals surface area (Å²) in [6.07, 6.45) is 2.50. The molecule has 1 aliphatic rings. The third kappa shape index (κ3) is 3.82. The summed E-state index contributed by atoms with van der Waals surface area (Å²) in [5.41, 5.74) is 2.42. The van der Waals surface area contributed by atoms with Crippen molar-refractivity contribution in [2.24, 2.45) is 0 Å². The van der Waals surface area contributed by atoms with Gasteiger partial charge in [-0.05, 0) is 36.4 Å². The lowest BCUT2D eigenvalue weighted by molar-refractivity contribution is -0.136. The van der Waals surface area contributed by atoms with Gasteiger partial charge in [0.15, 0.2) is 11.6 Å². The molecule has 9 heteroatoms. The van der Waals surface area contributed by atoms with E-state index in [1.165, 1.54) is 11.3 Å². The zero-order valence-electron chi connectivity index (χ0n) is 15.4. The number of hydrogen-bond acceptors (Lipinski definition) is 5. The molecule has 0 atom stereocenters. The van der Waals surface area contributed by atoms with Gasteiger partial charge in [-0.3, -0.25) is 4.79 Å². The normalized spacial score (nSPS) is 14.3. The molecule has 0 radical (unpaired) electrons. The second-order valence-corrected chi connectivity index (χ2v) is 8.13. The van der Waals surface area contributed by atoms with Gasteiger partial charge in [0.1, 0.15) is 11.6 Å². The number of carboxylic acids is 1. The molecule has 0 aliphatic carbocycles. The first kappa shape index (κ1) is 19.7. The average molecular weight is 436 g/mol. The highest BCUT2D eigenvalue weighted by Crippen LogP contribution is 2.36. The van der Waals surface area contributed by atoms with Crippen LogP contribution < -0.4 is 4.90 Å². The standard InChI is InChI=1S/C20H16ClF2N3O2S/c1-10-9-29-18-17(10)24-19(12-7-15(23)13(21)8-14(12)22)25-20(18)26-4-2-11(3-5-26)6-16(27)28/h2,7-9H,3-6H2,1H3,(H,27,28). The van der Waals surface area contributed by atoms with Gasteiger partial charge in [0.2, 0.25) is 0 Å². The summed E-state index contributed by atoms with van der Waals surface area (Å²) < 4.78 is 29.3. The number of rotatable bonds is 4. The maximum Gasteiger partial charge on any atom is 0.307 e. The highest BCUT2D eigenvalue weighted by molar-refractivity contribution is 7.18. The molecule has 5 nitrogen and oxygen atoms in total. The molecule has 0 spiro atoms. The molecule has 1 N–H and O–H groups in total. The van der Waals surface area contributed by atoms with Gasteiger partial charge in [0, 0.05) is 13.1 Å². The van der Waals surface area contributed by atoms with Gasteiger partial charge in [-0.2, -0.15) is 0 Å². The van der Waals surface area contributed by atoms with Crippen molar-refractivity contribution >= 4 is 44.9 Å². The minimum atomic E-state index is -0.856. The van der Waals surface area contributed by atoms with Crippen molar-refractivity contribution in [3.8, 4) is 11.4 Å². The number of carbonyl (C=O) groups is 1. The van der Waals surface area contributed by atoms with Gasteiger partial charge in [0.05, 0.1) is 27.2 Å². The van der Waals surface area contributed by atoms with Crippen molar-refractivity contribution < 1.29 is 18.7 Å². The largest absolute Gasteiger partial charge is 0.481 e. The molecule has 0 amide bonds. The van der Waals surface area contributed by atoms with E-state index in [1.54, 1.807) is 0 Å². The van der Waals surface area contributed by atoms with E-state index in [4.69, 9.17) is 16.7 Å². The predicted octanol–water partition coefficient (Wildman–Crippen LogP) is 5.21. The molecule has 1 aliphatic heterocycles. The smallest absolute Gasteiger partial charge is 0.307 e. The molecule has 3 aromatic rings. The Bertz CT molecular complexity index is 1160. The third-order valence-electron chi connectivity index (χ3n) is 4.81. The van der Waals surface area contributed by atoms with E-state index in [0.29, 0.717) is 30.8 Å². The number of benzene rings is 1. The number of carboxylic acid groups (broad SMARTS) is 1. The first-order valence-corrected chi connectivity index (χ1v) is 10.1. The number of halogens is 3. The summed E-state index contributed by atoms with van der Waals surface area (Å²) in [6.45, 7) is 2.97. The second kappa shape index (κ2) is 7.68. The number of anilines is 1. The molecule has 3 heterocycles. The number of fused-ring (bicyclic) bond motifs is 1. The van der Waals surface area contributed by atoms with Gasteiger partial charge >= 0.3 is 5.97 Å². The Morgan fingerprint density at radius 2 is 2.10 bits per heavy atom. The number of aryl methyl sites for hydroxylation is 1. The van der Waals surface area contributed by atoms with Gasteiger partial charge in [0.25, 0.3) is 0 Å². The first-order chi connectivity index (χ1) is 13.8. The van der Waals surface area contributed by atoms with Crippen molar-refractivity contribution in [3.63, 3.8) is 0 Å². The van der Waals surface area contributed by atoms with Crippen LogP contribution in [0.1, 0.15) is 18.4 Å². The van der Waals surface area contributed by atoms with E-state index in [0.717, 1.165) is 28.0 Å². The van der Waals surface area contributed by atoms with Crippen LogP contribution in [0.15, 0.2) is 29.2 Å². The molecule has 150 valence electrons. The highest BCUT2D eigenvalue weighted by atomic mass is 35.5. The maximum atomic E-state index is 14.5. The minimum absolute atomic E-state index is 0.0195. The Labute approximate surface area is 174 Å². The summed E-state index contributed by atoms with van der Waals surface area (Å²) in [7, 11) is 0. The van der Waals surface area contributed by atoms with Crippen molar-refractivity contribution in [1.82, 2.24) is 9.97 Å². The van der Waals surface area contributed by atoms with E-state index in [9.17, 15) is 13.6 Å². The lowest BCUT2D eigenvalue weighted by atomic mass is 10.0. The summed E-state index contributed by atoms with van der Waals surface area (Å²) >= 11 is 7.16. The van der Waals surface area contributed by atoms with E-state index in [2.05, 4.69) is 9.97 Å². The van der Waals surface area contributed by atoms with Crippen LogP contribution in [0.4, 0.5) is 14.6 Å². The molecule has 0 unspecified atom stereocenters. The van der Waals surface area contributed by atoms with Crippen LogP contribution in [-0.2, 0) is 4.79 Å². The Kier molecular flexibility index (Phi) is 5.23. The fourth-order valence-corrected chi connectivity index (χ4v) is 4.46. The van der Waals surface area contributed by atoms with Crippen LogP contribution in [0.5, 0.6) is 0 Å². The topological polar surface area (TPSA) is 66.3 Å². The minimum Gasteiger partial charge on any atom is -0.481 e. The fraction of sp³-hybridized carbons (Fsp3) is 0.250. The molecular weight excluding hydrogens is 420 g/mol. The molecule has 29 heavy (non-hydrogen) atoms. The lowest BCUT2D eigenvalue weighted by Gasteiger charge is -2.27. The summed E-state index contributed by atoms with van der Waals surface area (Å²) in [5.74, 6) is -1.58. The summed E-state index contributed by atoms with van der Waals surface area (Å²) in [5, 5.41) is 10.6. The lowest BCUT2D eigenvalue weighted by Crippen LogP contribution is -2.30. The highest BCUT2D eigenvalue weighted by Gasteiger charge is 2.22. The Morgan fingerprint density at radius 1 is 1.31 bits per heavy atom. The number of thiophene rings is 1. The van der Waals surface area contributed by atoms with Gasteiger partial charge in [-0.1, -0.05) is 23.3 Å². The number of aliphatic carboxylic acids is 1. The van der Waals surface area contributed by atoms with Crippen LogP contribution in [0.2, 0.25) is 5.02 Å². The summed E-state index contributed by atoms with van der Waals surface area (Å²) in [4.78, 5) is 22.0. The molecule has 0 saturated heterocycles. The van der Waals surface area contributed by atoms with Crippen molar-refractivity contribution in [2.45, 2.75) is 19.8 Å². The third-order valence-corrected chi connectivity index (χ3v) is 6.18. The van der Waals surface area contributed by atoms with Crippen molar-refractivity contribution in [2.75, 3.05) is 18.0 Å². The van der Waals surface area contributed by atoms with Crippen molar-refractivity contribution in [3.05, 3.63) is 51.4 Å². The monoisotopic (exact) mass is 435 g/mol. The SMILES string of the molecule is Cc1csc2c(N3CC=C(CC(=O)O)CC3)nc(-c3cc(F)c(Cl)cc3F)nc12. The van der Waals surface area contributed by atoms with Gasteiger partial charge in [-0.25, -0.2) is 18.7 Å². The molecular formula is C20H16ClF2N3O2S. The van der Waals surface area contributed by atoms with Crippen LogP contribution in [-0.4, -0.2) is 34.1 Å². The van der Waals surface area contributed by atoms with Crippen LogP contribution in [0.25, 0.3) is 21.6 Å². The molecule has 1 aromatic carbocycles. The second-order valence-electron chi connectivity index (χ2n) is 6.84. The van der Waals surface area contributed by atoms with E-state index in [1.807, 2.05) is 23.3 Å². The first-order valence-electron chi connectivity index (χ1n) is 8.89. The van der Waals surface area contributed by atoms with Crippen LogP contribution >= 0.6 is 22.9 Å². The number of aromatic nitrogens is 2. The van der Waals surface area contributed by atoms with Gasteiger partial charge in [-0.15, -0.1) is 11.3 Å². The Balaban J connectivity index is 1.80. The van der Waals surface area contributed by atoms with E-state index < -0.39 is 17.6 Å². The Hall–Kier alpha value is -2.58. The van der Waals surface area contributed by atoms with E-state index >= 15 is 0 Å². The number of nitrogens with zero attached hydrogens (tertiary/aromatic N) is 3. The quantitative estimate of drug-likeness (QED) is 0.450. The fourth-order valence-electron chi connectivity index (χ4n) is 3.30. The maximum absolute atomic E-state index is 14.5. The molecule has 0 bridgehead atoms. The average Bonchev–Trinajstić information content (AvgIpc) is 3.05. The number of hydrogen-bond donors (Lipinski definition) is 1. The van der Waals surface area contributed by atoms with Crippen LogP contribution in [0.3, 0.4) is 0 Å². The summed E-state index contributed by atoms with van der Waals surface area (Å²) in [6, 6.07) is 1.92. The van der Waals surface area contributed by atoms with E-state index in [-0.39, 0.29) is 22.8 Å². The van der Waals surface area contributed by atoms with Crippen molar-refractivity contribution in [1.29, 1.82) is 0 Å². The molecule has 0 fully saturated rings. The molecule has 2 aromatic heterocycles. The van der Waals surface area contributed by atoms with Crippen LogP contribution in [0, 0.1) is 18.6 Å². The zero-order valence-corrected chi connectivity index (χ0v) is 16.9. The molecule has 0 saturated carbocycles. The zero-order chi connectivity index (χ0) is 20.7. The Morgan fingerprint density at radius 3 is 2.79 bits per heavy atom. The van der Waals surface area contributed by atoms with Gasteiger partial charge < -0.3 is 10.0 Å². The predicted molar refractivity (Wildman–Crippen MR) is 110 cm³/mol. The molecule has 4 rings (SSSR count).